The Kier molecular flexibility index (Phi) is 2.82. The predicted molar refractivity (Wildman–Crippen MR) is 66.4 cm³/mol. The lowest BCUT2D eigenvalue weighted by molar-refractivity contribution is 0.272. The summed E-state index contributed by atoms with van der Waals surface area (Å²) >= 11 is 1.62. The number of benzene rings is 1. The maximum atomic E-state index is 9.06. The summed E-state index contributed by atoms with van der Waals surface area (Å²) in [6.07, 6.45) is 0.954. The molecule has 0 aliphatic carbocycles. The van der Waals surface area contributed by atoms with E-state index in [1.807, 2.05) is 23.6 Å². The molecule has 3 rings (SSSR count). The van der Waals surface area contributed by atoms with E-state index in [2.05, 4.69) is 11.1 Å². The quantitative estimate of drug-likeness (QED) is 0.886. The number of para-hydroxylation sites is 1. The number of aliphatic hydroxyl groups excluding tert-OH is 1. The molecular weight excluding hydrogens is 234 g/mol. The van der Waals surface area contributed by atoms with Crippen molar-refractivity contribution in [3.63, 3.8) is 0 Å². The fourth-order valence-electron chi connectivity index (χ4n) is 2.15. The largest absolute Gasteiger partial charge is 0.493 e. The summed E-state index contributed by atoms with van der Waals surface area (Å²) in [5, 5.41) is 12.1. The van der Waals surface area contributed by atoms with Crippen LogP contribution in [0.4, 0.5) is 0 Å². The Bertz CT molecular complexity index is 524. The maximum Gasteiger partial charge on any atom is 0.123 e. The standard InChI is InChI=1S/C13H13NO2S/c15-7-9-8-17-13(14-9)11-5-6-16-12-4-2-1-3-10(11)12/h1-4,8,11,15H,5-7H2/t11-/m1/s1. The molecule has 0 unspecified atom stereocenters. The van der Waals surface area contributed by atoms with Crippen LogP contribution in [0.15, 0.2) is 29.6 Å². The lowest BCUT2D eigenvalue weighted by Gasteiger charge is -2.24. The van der Waals surface area contributed by atoms with E-state index in [1.165, 1.54) is 5.56 Å². The molecule has 88 valence electrons. The van der Waals surface area contributed by atoms with E-state index in [0.717, 1.165) is 29.5 Å². The highest BCUT2D eigenvalue weighted by molar-refractivity contribution is 7.09. The second kappa shape index (κ2) is 4.47. The Morgan fingerprint density at radius 3 is 3.12 bits per heavy atom. The third-order valence-electron chi connectivity index (χ3n) is 2.99. The molecule has 0 saturated heterocycles. The molecule has 0 spiro atoms. The van der Waals surface area contributed by atoms with Crippen molar-refractivity contribution >= 4 is 11.3 Å². The zero-order chi connectivity index (χ0) is 11.7. The van der Waals surface area contributed by atoms with Crippen LogP contribution in [0.1, 0.15) is 28.6 Å². The van der Waals surface area contributed by atoms with Gasteiger partial charge in [-0.2, -0.15) is 0 Å². The zero-order valence-electron chi connectivity index (χ0n) is 9.30. The van der Waals surface area contributed by atoms with Crippen molar-refractivity contribution in [2.75, 3.05) is 6.61 Å². The van der Waals surface area contributed by atoms with Crippen molar-refractivity contribution < 1.29 is 9.84 Å². The molecule has 0 saturated carbocycles. The van der Waals surface area contributed by atoms with E-state index >= 15 is 0 Å². The van der Waals surface area contributed by atoms with Gasteiger partial charge in [0.05, 0.1) is 18.9 Å². The molecule has 0 bridgehead atoms. The molecule has 1 N–H and O–H groups in total. The van der Waals surface area contributed by atoms with Crippen LogP contribution in [0.2, 0.25) is 0 Å². The summed E-state index contributed by atoms with van der Waals surface area (Å²) in [4.78, 5) is 4.46. The van der Waals surface area contributed by atoms with Crippen molar-refractivity contribution in [1.82, 2.24) is 4.98 Å². The number of rotatable bonds is 2. The average Bonchev–Trinajstić information content (AvgIpc) is 2.87. The first kappa shape index (κ1) is 10.7. The summed E-state index contributed by atoms with van der Waals surface area (Å²) < 4.78 is 5.64. The Morgan fingerprint density at radius 1 is 1.41 bits per heavy atom. The molecule has 2 aromatic rings. The monoisotopic (exact) mass is 247 g/mol. The van der Waals surface area contributed by atoms with Crippen LogP contribution < -0.4 is 4.74 Å². The summed E-state index contributed by atoms with van der Waals surface area (Å²) in [6.45, 7) is 0.747. The van der Waals surface area contributed by atoms with E-state index in [1.54, 1.807) is 11.3 Å². The van der Waals surface area contributed by atoms with Gasteiger partial charge in [-0.25, -0.2) is 4.98 Å². The Morgan fingerprint density at radius 2 is 2.29 bits per heavy atom. The van der Waals surface area contributed by atoms with Crippen molar-refractivity contribution in [3.8, 4) is 5.75 Å². The highest BCUT2D eigenvalue weighted by Crippen LogP contribution is 2.38. The molecule has 3 nitrogen and oxygen atoms in total. The van der Waals surface area contributed by atoms with Crippen molar-refractivity contribution in [2.45, 2.75) is 18.9 Å². The average molecular weight is 247 g/mol. The minimum Gasteiger partial charge on any atom is -0.493 e. The first-order chi connectivity index (χ1) is 8.38. The van der Waals surface area contributed by atoms with E-state index in [-0.39, 0.29) is 6.61 Å². The number of aliphatic hydroxyl groups is 1. The van der Waals surface area contributed by atoms with E-state index in [4.69, 9.17) is 9.84 Å². The number of ether oxygens (including phenoxy) is 1. The second-order valence-corrected chi connectivity index (χ2v) is 4.95. The number of nitrogens with zero attached hydrogens (tertiary/aromatic N) is 1. The van der Waals surface area contributed by atoms with Crippen LogP contribution in [0.5, 0.6) is 5.75 Å². The van der Waals surface area contributed by atoms with E-state index < -0.39 is 0 Å². The fraction of sp³-hybridized carbons (Fsp3) is 0.308. The van der Waals surface area contributed by atoms with Gasteiger partial charge in [-0.15, -0.1) is 11.3 Å². The van der Waals surface area contributed by atoms with Gasteiger partial charge in [0.15, 0.2) is 0 Å². The van der Waals surface area contributed by atoms with E-state index in [0.29, 0.717) is 5.92 Å². The molecule has 17 heavy (non-hydrogen) atoms. The van der Waals surface area contributed by atoms with Gasteiger partial charge in [-0.05, 0) is 12.5 Å². The number of fused-ring (bicyclic) bond motifs is 1. The van der Waals surface area contributed by atoms with Gasteiger partial charge < -0.3 is 9.84 Å². The topological polar surface area (TPSA) is 42.4 Å². The first-order valence-electron chi connectivity index (χ1n) is 5.65. The van der Waals surface area contributed by atoms with Gasteiger partial charge in [0, 0.05) is 16.9 Å². The van der Waals surface area contributed by atoms with Crippen LogP contribution in [0.3, 0.4) is 0 Å². The van der Waals surface area contributed by atoms with Gasteiger partial charge in [0.1, 0.15) is 10.8 Å². The normalized spacial score (nSPS) is 18.5. The molecule has 0 radical (unpaired) electrons. The van der Waals surface area contributed by atoms with Crippen LogP contribution in [-0.2, 0) is 6.61 Å². The van der Waals surface area contributed by atoms with Crippen molar-refractivity contribution in [3.05, 3.63) is 45.9 Å². The maximum absolute atomic E-state index is 9.06. The Hall–Kier alpha value is -1.39. The number of thiazole rings is 1. The fourth-order valence-corrected chi connectivity index (χ4v) is 3.12. The molecule has 1 aromatic heterocycles. The van der Waals surface area contributed by atoms with Gasteiger partial charge in [0.2, 0.25) is 0 Å². The Labute approximate surface area is 104 Å². The summed E-state index contributed by atoms with van der Waals surface area (Å²) in [5.41, 5.74) is 1.96. The Balaban J connectivity index is 1.99. The molecule has 1 aromatic carbocycles. The molecule has 1 aliphatic heterocycles. The lowest BCUT2D eigenvalue weighted by Crippen LogP contribution is -2.14. The van der Waals surface area contributed by atoms with Crippen LogP contribution in [0, 0.1) is 0 Å². The third kappa shape index (κ3) is 1.94. The number of hydrogen-bond acceptors (Lipinski definition) is 4. The summed E-state index contributed by atoms with van der Waals surface area (Å²) in [5.74, 6) is 1.27. The highest BCUT2D eigenvalue weighted by Gasteiger charge is 2.24. The van der Waals surface area contributed by atoms with Gasteiger partial charge in [-0.1, -0.05) is 18.2 Å². The molecular formula is C13H13NO2S. The van der Waals surface area contributed by atoms with Crippen LogP contribution in [0.25, 0.3) is 0 Å². The van der Waals surface area contributed by atoms with Crippen LogP contribution >= 0.6 is 11.3 Å². The minimum atomic E-state index is 0.0152. The van der Waals surface area contributed by atoms with Gasteiger partial charge in [0.25, 0.3) is 0 Å². The smallest absolute Gasteiger partial charge is 0.123 e. The lowest BCUT2D eigenvalue weighted by atomic mass is 9.94. The number of hydrogen-bond donors (Lipinski definition) is 1. The molecule has 1 atom stereocenters. The van der Waals surface area contributed by atoms with Crippen molar-refractivity contribution in [1.29, 1.82) is 0 Å². The predicted octanol–water partition coefficient (Wildman–Crippen LogP) is 2.55. The summed E-state index contributed by atoms with van der Waals surface area (Å²) in [6, 6.07) is 8.12. The first-order valence-corrected chi connectivity index (χ1v) is 6.53. The van der Waals surface area contributed by atoms with Gasteiger partial charge in [-0.3, -0.25) is 0 Å². The van der Waals surface area contributed by atoms with Crippen LogP contribution in [-0.4, -0.2) is 16.7 Å². The number of aromatic nitrogens is 1. The second-order valence-electron chi connectivity index (χ2n) is 4.06. The minimum absolute atomic E-state index is 0.0152. The summed E-state index contributed by atoms with van der Waals surface area (Å²) in [7, 11) is 0. The molecule has 0 fully saturated rings. The van der Waals surface area contributed by atoms with Crippen molar-refractivity contribution in [2.24, 2.45) is 0 Å². The highest BCUT2D eigenvalue weighted by atomic mass is 32.1. The molecule has 1 aliphatic rings. The van der Waals surface area contributed by atoms with E-state index in [9.17, 15) is 0 Å². The van der Waals surface area contributed by atoms with Gasteiger partial charge >= 0.3 is 0 Å². The molecule has 0 amide bonds. The molecule has 4 heteroatoms. The third-order valence-corrected chi connectivity index (χ3v) is 4.00. The molecule has 2 heterocycles. The zero-order valence-corrected chi connectivity index (χ0v) is 10.1. The SMILES string of the molecule is OCc1csc([C@@H]2CCOc3ccccc32)n1.